The van der Waals surface area contributed by atoms with Gasteiger partial charge in [-0.25, -0.2) is 4.79 Å². The van der Waals surface area contributed by atoms with Crippen LogP contribution in [0.15, 0.2) is 33.5 Å². The number of benzene rings is 1. The van der Waals surface area contributed by atoms with Crippen LogP contribution in [0.25, 0.3) is 11.0 Å². The summed E-state index contributed by atoms with van der Waals surface area (Å²) in [7, 11) is 0. The van der Waals surface area contributed by atoms with E-state index in [1.807, 2.05) is 30.0 Å². The molecule has 2 saturated heterocycles. The first-order valence-electron chi connectivity index (χ1n) is 8.26. The number of amides is 1. The minimum atomic E-state index is -0.420. The van der Waals surface area contributed by atoms with Crippen molar-refractivity contribution in [1.82, 2.24) is 10.2 Å². The standard InChI is InChI=1S/C18H20N2O4/c1-11-2-3-13-12(8-18(22)24-15(13)6-11)7-17(21)20-9-14-16(10-20)23-5-4-19-14/h2-3,6,8,14,16,19H,4-5,7,9-10H2,1H3/t14-,16-/m0/s1. The fourth-order valence-corrected chi connectivity index (χ4v) is 3.56. The number of hydrogen-bond acceptors (Lipinski definition) is 5. The van der Waals surface area contributed by atoms with Gasteiger partial charge in [-0.3, -0.25) is 4.79 Å². The molecule has 6 heteroatoms. The van der Waals surface area contributed by atoms with Crippen molar-refractivity contribution in [2.75, 3.05) is 26.2 Å². The molecule has 0 saturated carbocycles. The van der Waals surface area contributed by atoms with E-state index in [9.17, 15) is 9.59 Å². The molecule has 1 amide bonds. The monoisotopic (exact) mass is 328 g/mol. The smallest absolute Gasteiger partial charge is 0.336 e. The van der Waals surface area contributed by atoms with Gasteiger partial charge in [-0.2, -0.15) is 0 Å². The first-order chi connectivity index (χ1) is 11.6. The molecule has 126 valence electrons. The summed E-state index contributed by atoms with van der Waals surface area (Å²) in [6.45, 7) is 4.72. The highest BCUT2D eigenvalue weighted by Crippen LogP contribution is 2.21. The Morgan fingerprint density at radius 1 is 1.33 bits per heavy atom. The molecule has 6 nitrogen and oxygen atoms in total. The average Bonchev–Trinajstić information content (AvgIpc) is 2.98. The molecule has 0 unspecified atom stereocenters. The molecule has 2 aliphatic heterocycles. The highest BCUT2D eigenvalue weighted by molar-refractivity contribution is 5.87. The maximum Gasteiger partial charge on any atom is 0.336 e. The van der Waals surface area contributed by atoms with Crippen molar-refractivity contribution in [1.29, 1.82) is 0 Å². The Morgan fingerprint density at radius 2 is 2.21 bits per heavy atom. The zero-order valence-corrected chi connectivity index (χ0v) is 13.6. The van der Waals surface area contributed by atoms with E-state index in [0.717, 1.165) is 23.1 Å². The van der Waals surface area contributed by atoms with E-state index in [4.69, 9.17) is 9.15 Å². The van der Waals surface area contributed by atoms with Crippen LogP contribution in [0, 0.1) is 6.92 Å². The van der Waals surface area contributed by atoms with Crippen molar-refractivity contribution < 1.29 is 13.9 Å². The van der Waals surface area contributed by atoms with Crippen LogP contribution in [0.5, 0.6) is 0 Å². The highest BCUT2D eigenvalue weighted by Gasteiger charge is 2.37. The third kappa shape index (κ3) is 2.83. The molecule has 0 radical (unpaired) electrons. The van der Waals surface area contributed by atoms with Crippen molar-refractivity contribution in [3.8, 4) is 0 Å². The van der Waals surface area contributed by atoms with Crippen molar-refractivity contribution in [3.05, 3.63) is 45.8 Å². The Labute approximate surface area is 139 Å². The largest absolute Gasteiger partial charge is 0.423 e. The lowest BCUT2D eigenvalue weighted by Crippen LogP contribution is -2.47. The molecule has 2 fully saturated rings. The van der Waals surface area contributed by atoms with Gasteiger partial charge in [0.2, 0.25) is 5.91 Å². The quantitative estimate of drug-likeness (QED) is 0.827. The summed E-state index contributed by atoms with van der Waals surface area (Å²) in [6, 6.07) is 7.33. The maximum absolute atomic E-state index is 12.7. The zero-order valence-electron chi connectivity index (χ0n) is 13.6. The van der Waals surface area contributed by atoms with E-state index >= 15 is 0 Å². The SMILES string of the molecule is Cc1ccc2c(CC(=O)N3C[C@@H]4NCCO[C@H]4C3)cc(=O)oc2c1. The summed E-state index contributed by atoms with van der Waals surface area (Å²) in [5.41, 5.74) is 1.84. The third-order valence-electron chi connectivity index (χ3n) is 4.79. The van der Waals surface area contributed by atoms with E-state index in [0.29, 0.717) is 25.3 Å². The number of fused-ring (bicyclic) bond motifs is 2. The fourth-order valence-electron chi connectivity index (χ4n) is 3.56. The van der Waals surface area contributed by atoms with Crippen molar-refractivity contribution in [2.24, 2.45) is 0 Å². The van der Waals surface area contributed by atoms with Gasteiger partial charge in [0, 0.05) is 31.1 Å². The van der Waals surface area contributed by atoms with Gasteiger partial charge in [-0.15, -0.1) is 0 Å². The number of nitrogens with one attached hydrogen (secondary N) is 1. The van der Waals surface area contributed by atoms with Gasteiger partial charge in [-0.05, 0) is 24.1 Å². The van der Waals surface area contributed by atoms with E-state index in [2.05, 4.69) is 5.32 Å². The lowest BCUT2D eigenvalue weighted by molar-refractivity contribution is -0.129. The van der Waals surface area contributed by atoms with E-state index in [1.165, 1.54) is 6.07 Å². The number of likely N-dealkylation sites (tertiary alicyclic amines) is 1. The number of rotatable bonds is 2. The van der Waals surface area contributed by atoms with Crippen LogP contribution >= 0.6 is 0 Å². The van der Waals surface area contributed by atoms with Crippen LogP contribution in [-0.2, 0) is 16.0 Å². The molecule has 1 aromatic heterocycles. The Kier molecular flexibility index (Phi) is 3.86. The Balaban J connectivity index is 1.58. The van der Waals surface area contributed by atoms with Gasteiger partial charge < -0.3 is 19.4 Å². The minimum Gasteiger partial charge on any atom is -0.423 e. The lowest BCUT2D eigenvalue weighted by Gasteiger charge is -2.25. The van der Waals surface area contributed by atoms with Gasteiger partial charge in [0.1, 0.15) is 5.58 Å². The second-order valence-corrected chi connectivity index (χ2v) is 6.54. The van der Waals surface area contributed by atoms with Crippen molar-refractivity contribution >= 4 is 16.9 Å². The molecule has 0 bridgehead atoms. The van der Waals surface area contributed by atoms with Crippen molar-refractivity contribution in [2.45, 2.75) is 25.5 Å². The van der Waals surface area contributed by atoms with Gasteiger partial charge in [-0.1, -0.05) is 12.1 Å². The van der Waals surface area contributed by atoms with E-state index in [1.54, 1.807) is 0 Å². The normalized spacial score (nSPS) is 23.5. The first kappa shape index (κ1) is 15.4. The summed E-state index contributed by atoms with van der Waals surface area (Å²) in [6.07, 6.45) is 0.271. The molecule has 2 atom stereocenters. The zero-order chi connectivity index (χ0) is 16.7. The fraction of sp³-hybridized carbons (Fsp3) is 0.444. The summed E-state index contributed by atoms with van der Waals surface area (Å²) in [4.78, 5) is 26.3. The van der Waals surface area contributed by atoms with Crippen LogP contribution in [0.3, 0.4) is 0 Å². The molecule has 0 aliphatic carbocycles. The lowest BCUT2D eigenvalue weighted by atomic mass is 10.1. The molecular formula is C18H20N2O4. The number of aryl methyl sites for hydroxylation is 1. The Hall–Kier alpha value is -2.18. The van der Waals surface area contributed by atoms with Crippen LogP contribution in [0.4, 0.5) is 0 Å². The predicted molar refractivity (Wildman–Crippen MR) is 89.0 cm³/mol. The molecular weight excluding hydrogens is 308 g/mol. The first-order valence-corrected chi connectivity index (χ1v) is 8.26. The molecule has 3 heterocycles. The third-order valence-corrected chi connectivity index (χ3v) is 4.79. The molecule has 4 rings (SSSR count). The summed E-state index contributed by atoms with van der Waals surface area (Å²) >= 11 is 0. The number of ether oxygens (including phenoxy) is 1. The van der Waals surface area contributed by atoms with Crippen LogP contribution in [0.1, 0.15) is 11.1 Å². The van der Waals surface area contributed by atoms with Gasteiger partial charge in [0.05, 0.1) is 25.2 Å². The molecule has 2 aromatic rings. The van der Waals surface area contributed by atoms with Crippen LogP contribution < -0.4 is 10.9 Å². The van der Waals surface area contributed by atoms with Gasteiger partial charge >= 0.3 is 5.63 Å². The Bertz CT molecular complexity index is 831. The number of morpholine rings is 1. The average molecular weight is 328 g/mol. The number of nitrogens with zero attached hydrogens (tertiary/aromatic N) is 1. The van der Waals surface area contributed by atoms with Crippen molar-refractivity contribution in [3.63, 3.8) is 0 Å². The highest BCUT2D eigenvalue weighted by atomic mass is 16.5. The maximum atomic E-state index is 12.7. The van der Waals surface area contributed by atoms with Crippen LogP contribution in [0.2, 0.25) is 0 Å². The number of carbonyl (C=O) groups is 1. The van der Waals surface area contributed by atoms with Gasteiger partial charge in [0.25, 0.3) is 0 Å². The second-order valence-electron chi connectivity index (χ2n) is 6.54. The topological polar surface area (TPSA) is 71.8 Å². The van der Waals surface area contributed by atoms with Gasteiger partial charge in [0.15, 0.2) is 0 Å². The molecule has 24 heavy (non-hydrogen) atoms. The number of carbonyl (C=O) groups excluding carboxylic acids is 1. The number of hydrogen-bond donors (Lipinski definition) is 1. The minimum absolute atomic E-state index is 0.0160. The van der Waals surface area contributed by atoms with Crippen LogP contribution in [-0.4, -0.2) is 49.2 Å². The molecule has 0 spiro atoms. The summed E-state index contributed by atoms with van der Waals surface area (Å²) < 4.78 is 11.0. The second kappa shape index (κ2) is 6.03. The summed E-state index contributed by atoms with van der Waals surface area (Å²) in [5.74, 6) is 0.0160. The van der Waals surface area contributed by atoms with E-state index < -0.39 is 5.63 Å². The molecule has 1 N–H and O–H groups in total. The molecule has 2 aliphatic rings. The summed E-state index contributed by atoms with van der Waals surface area (Å²) in [5, 5.41) is 4.21. The predicted octanol–water partition coefficient (Wildman–Crippen LogP) is 0.843. The Morgan fingerprint density at radius 3 is 3.04 bits per heavy atom. The molecule has 1 aromatic carbocycles. The van der Waals surface area contributed by atoms with E-state index in [-0.39, 0.29) is 24.5 Å².